The minimum absolute atomic E-state index is 0.534. The van der Waals surface area contributed by atoms with Gasteiger partial charge < -0.3 is 19.3 Å². The summed E-state index contributed by atoms with van der Waals surface area (Å²) in [5.41, 5.74) is 8.83. The molecule has 0 amide bonds. The summed E-state index contributed by atoms with van der Waals surface area (Å²) in [5, 5.41) is 0. The zero-order valence-electron chi connectivity index (χ0n) is 25.7. The van der Waals surface area contributed by atoms with Gasteiger partial charge in [0.1, 0.15) is 13.2 Å². The first kappa shape index (κ1) is 28.7. The van der Waals surface area contributed by atoms with Crippen LogP contribution in [0.3, 0.4) is 0 Å². The van der Waals surface area contributed by atoms with E-state index in [-0.39, 0.29) is 0 Å². The largest absolute Gasteiger partial charge is 0.485 e. The Balaban J connectivity index is 1.14. The molecule has 0 bridgehead atoms. The molecular formula is C42H32N2O2S. The van der Waals surface area contributed by atoms with Crippen LogP contribution in [0.15, 0.2) is 170 Å². The molecule has 7 aromatic rings. The first-order chi connectivity index (χ1) is 23.3. The Morgan fingerprint density at radius 3 is 0.915 bits per heavy atom. The third-order valence-electron chi connectivity index (χ3n) is 8.23. The Morgan fingerprint density at radius 2 is 0.617 bits per heavy atom. The Morgan fingerprint density at radius 1 is 0.340 bits per heavy atom. The van der Waals surface area contributed by atoms with Crippen LogP contribution >= 0.6 is 11.3 Å². The molecule has 0 fully saturated rings. The smallest absolute Gasteiger partial charge is 0.180 e. The van der Waals surface area contributed by atoms with Gasteiger partial charge in [0.25, 0.3) is 0 Å². The predicted octanol–water partition coefficient (Wildman–Crippen LogP) is 11.8. The average molecular weight is 629 g/mol. The molecule has 6 aromatic carbocycles. The van der Waals surface area contributed by atoms with Crippen LogP contribution < -0.4 is 19.3 Å². The minimum atomic E-state index is 0.534. The SMILES string of the molecule is c1ccc(N(c2ccccc2)c2ccc(-c3sc(-c4ccc(N(c5ccccc5)c5ccccc5)cc4)c4c3OCCO4)cc2)cc1. The van der Waals surface area contributed by atoms with Gasteiger partial charge in [-0.25, -0.2) is 0 Å². The van der Waals surface area contributed by atoms with Crippen molar-refractivity contribution in [2.24, 2.45) is 0 Å². The fourth-order valence-electron chi connectivity index (χ4n) is 6.06. The van der Waals surface area contributed by atoms with Crippen molar-refractivity contribution in [3.05, 3.63) is 170 Å². The highest BCUT2D eigenvalue weighted by molar-refractivity contribution is 7.19. The summed E-state index contributed by atoms with van der Waals surface area (Å²) in [4.78, 5) is 6.70. The van der Waals surface area contributed by atoms with Crippen molar-refractivity contribution >= 4 is 45.5 Å². The molecule has 2 heterocycles. The van der Waals surface area contributed by atoms with E-state index in [0.29, 0.717) is 13.2 Å². The number of thiophene rings is 1. The molecule has 0 N–H and O–H groups in total. The van der Waals surface area contributed by atoms with Crippen molar-refractivity contribution < 1.29 is 9.47 Å². The average Bonchev–Trinajstić information content (AvgIpc) is 3.54. The lowest BCUT2D eigenvalue weighted by Crippen LogP contribution is -2.14. The highest BCUT2D eigenvalue weighted by Gasteiger charge is 2.27. The molecule has 228 valence electrons. The first-order valence-corrected chi connectivity index (χ1v) is 16.6. The van der Waals surface area contributed by atoms with E-state index in [1.807, 2.05) is 24.3 Å². The predicted molar refractivity (Wildman–Crippen MR) is 196 cm³/mol. The number of nitrogens with zero attached hydrogens (tertiary/aromatic N) is 2. The lowest BCUT2D eigenvalue weighted by molar-refractivity contribution is 0.175. The second kappa shape index (κ2) is 12.9. The van der Waals surface area contributed by atoms with E-state index in [1.54, 1.807) is 11.3 Å². The molecule has 1 aliphatic rings. The Kier molecular flexibility index (Phi) is 7.88. The molecule has 0 spiro atoms. The lowest BCUT2D eigenvalue weighted by atomic mass is 10.1. The van der Waals surface area contributed by atoms with E-state index in [9.17, 15) is 0 Å². The van der Waals surface area contributed by atoms with E-state index < -0.39 is 0 Å². The topological polar surface area (TPSA) is 24.9 Å². The summed E-state index contributed by atoms with van der Waals surface area (Å²) < 4.78 is 12.5. The number of hydrogen-bond acceptors (Lipinski definition) is 5. The zero-order chi connectivity index (χ0) is 31.4. The Labute approximate surface area is 279 Å². The summed E-state index contributed by atoms with van der Waals surface area (Å²) >= 11 is 1.72. The number of rotatable bonds is 8. The second-order valence-electron chi connectivity index (χ2n) is 11.2. The fraction of sp³-hybridized carbons (Fsp3) is 0.0476. The highest BCUT2D eigenvalue weighted by atomic mass is 32.1. The lowest BCUT2D eigenvalue weighted by Gasteiger charge is -2.25. The molecule has 4 nitrogen and oxygen atoms in total. The van der Waals surface area contributed by atoms with E-state index in [0.717, 1.165) is 66.5 Å². The Hall–Kier alpha value is -5.78. The van der Waals surface area contributed by atoms with Crippen molar-refractivity contribution in [1.82, 2.24) is 0 Å². The van der Waals surface area contributed by atoms with Gasteiger partial charge in [-0.2, -0.15) is 0 Å². The van der Waals surface area contributed by atoms with E-state index in [1.165, 1.54) is 0 Å². The van der Waals surface area contributed by atoms with Gasteiger partial charge in [0, 0.05) is 34.1 Å². The number of hydrogen-bond donors (Lipinski definition) is 0. The molecule has 0 atom stereocenters. The summed E-state index contributed by atoms with van der Waals surface area (Å²) in [5.74, 6) is 1.65. The molecule has 0 aliphatic carbocycles. The monoisotopic (exact) mass is 628 g/mol. The highest BCUT2D eigenvalue weighted by Crippen LogP contribution is 2.54. The molecule has 5 heteroatoms. The zero-order valence-corrected chi connectivity index (χ0v) is 26.5. The molecule has 0 unspecified atom stereocenters. The van der Waals surface area contributed by atoms with Gasteiger partial charge in [0.05, 0.1) is 9.75 Å². The van der Waals surface area contributed by atoms with E-state index in [4.69, 9.17) is 9.47 Å². The first-order valence-electron chi connectivity index (χ1n) is 15.8. The summed E-state index contributed by atoms with van der Waals surface area (Å²) in [6, 6.07) is 59.3. The summed E-state index contributed by atoms with van der Waals surface area (Å²) in [6.45, 7) is 1.07. The van der Waals surface area contributed by atoms with E-state index in [2.05, 4.69) is 155 Å². The number of para-hydroxylation sites is 4. The van der Waals surface area contributed by atoms with Crippen molar-refractivity contribution in [2.75, 3.05) is 23.0 Å². The van der Waals surface area contributed by atoms with Gasteiger partial charge in [-0.05, 0) is 83.9 Å². The van der Waals surface area contributed by atoms with Gasteiger partial charge in [-0.3, -0.25) is 0 Å². The normalized spacial score (nSPS) is 12.0. The van der Waals surface area contributed by atoms with Crippen molar-refractivity contribution in [2.45, 2.75) is 0 Å². The van der Waals surface area contributed by atoms with Crippen LogP contribution in [-0.2, 0) is 0 Å². The maximum absolute atomic E-state index is 6.27. The van der Waals surface area contributed by atoms with Crippen LogP contribution in [0.2, 0.25) is 0 Å². The van der Waals surface area contributed by atoms with Crippen LogP contribution in [0.1, 0.15) is 0 Å². The number of fused-ring (bicyclic) bond motifs is 1. The van der Waals surface area contributed by atoms with Crippen LogP contribution in [0.4, 0.5) is 34.1 Å². The minimum Gasteiger partial charge on any atom is -0.485 e. The second-order valence-corrected chi connectivity index (χ2v) is 12.2. The van der Waals surface area contributed by atoms with Crippen molar-refractivity contribution in [3.63, 3.8) is 0 Å². The molecule has 0 saturated heterocycles. The standard InChI is InChI=1S/C42H32N2O2S/c1-5-13-33(14-6-1)43(34-15-7-2-8-16-34)37-25-21-31(22-26-37)41-39-40(46-30-29-45-39)42(47-41)32-23-27-38(28-24-32)44(35-17-9-3-10-18-35)36-19-11-4-12-20-36/h1-28H,29-30H2. The molecule has 1 aromatic heterocycles. The van der Waals surface area contributed by atoms with Gasteiger partial charge in [-0.15, -0.1) is 11.3 Å². The van der Waals surface area contributed by atoms with Gasteiger partial charge in [0.2, 0.25) is 0 Å². The maximum atomic E-state index is 6.27. The molecule has 8 rings (SSSR count). The third-order valence-corrected chi connectivity index (χ3v) is 9.48. The van der Waals surface area contributed by atoms with Gasteiger partial charge in [0.15, 0.2) is 11.5 Å². The molecule has 1 aliphatic heterocycles. The molecule has 47 heavy (non-hydrogen) atoms. The molecule has 0 radical (unpaired) electrons. The van der Waals surface area contributed by atoms with E-state index >= 15 is 0 Å². The molecular weight excluding hydrogens is 597 g/mol. The van der Waals surface area contributed by atoms with Crippen molar-refractivity contribution in [3.8, 4) is 32.4 Å². The number of ether oxygens (including phenoxy) is 2. The molecule has 0 saturated carbocycles. The third kappa shape index (κ3) is 5.73. The van der Waals surface area contributed by atoms with Gasteiger partial charge in [-0.1, -0.05) is 97.1 Å². The number of anilines is 6. The van der Waals surface area contributed by atoms with Crippen LogP contribution in [-0.4, -0.2) is 13.2 Å². The van der Waals surface area contributed by atoms with Crippen LogP contribution in [0.5, 0.6) is 11.5 Å². The summed E-state index contributed by atoms with van der Waals surface area (Å²) in [6.07, 6.45) is 0. The number of benzene rings is 6. The van der Waals surface area contributed by atoms with Crippen LogP contribution in [0, 0.1) is 0 Å². The quantitative estimate of drug-likeness (QED) is 0.167. The summed E-state index contributed by atoms with van der Waals surface area (Å²) in [7, 11) is 0. The maximum Gasteiger partial charge on any atom is 0.180 e. The Bertz CT molecular complexity index is 1830. The van der Waals surface area contributed by atoms with Gasteiger partial charge >= 0.3 is 0 Å². The van der Waals surface area contributed by atoms with Crippen LogP contribution in [0.25, 0.3) is 20.9 Å². The fourth-order valence-corrected chi connectivity index (χ4v) is 7.26. The van der Waals surface area contributed by atoms with Crippen molar-refractivity contribution in [1.29, 1.82) is 0 Å².